The number of aryl methyl sites for hydroxylation is 1. The van der Waals surface area contributed by atoms with Crippen molar-refractivity contribution in [2.24, 2.45) is 0 Å². The largest absolute Gasteiger partial charge is 0.497 e. The number of nitrogens with zero attached hydrogens (tertiary/aromatic N) is 1. The second-order valence-electron chi connectivity index (χ2n) is 4.48. The molecule has 0 bridgehead atoms. The van der Waals surface area contributed by atoms with Crippen molar-refractivity contribution < 1.29 is 9.66 Å². The minimum Gasteiger partial charge on any atom is -0.497 e. The molecule has 0 heterocycles. The molecule has 0 fully saturated rings. The second-order valence-corrected chi connectivity index (χ2v) is 4.48. The maximum atomic E-state index is 11.0. The lowest BCUT2D eigenvalue weighted by atomic mass is 10.1. The Labute approximate surface area is 117 Å². The SMILES string of the molecule is COc1cccc(CNc2ccc(C)cc2[N+](=O)[O-])c1. The van der Waals surface area contributed by atoms with Gasteiger partial charge < -0.3 is 10.1 Å². The number of ether oxygens (including phenoxy) is 1. The smallest absolute Gasteiger partial charge is 0.292 e. The Bertz CT molecular complexity index is 626. The topological polar surface area (TPSA) is 64.4 Å². The third-order valence-electron chi connectivity index (χ3n) is 2.97. The van der Waals surface area contributed by atoms with Gasteiger partial charge in [0.05, 0.1) is 12.0 Å². The molecule has 0 saturated heterocycles. The predicted octanol–water partition coefficient (Wildman–Crippen LogP) is 3.52. The molecule has 0 unspecified atom stereocenters. The number of benzene rings is 2. The highest BCUT2D eigenvalue weighted by Crippen LogP contribution is 2.26. The number of hydrogen-bond acceptors (Lipinski definition) is 4. The summed E-state index contributed by atoms with van der Waals surface area (Å²) in [4.78, 5) is 10.7. The molecule has 0 spiro atoms. The van der Waals surface area contributed by atoms with Crippen LogP contribution in [0.4, 0.5) is 11.4 Å². The van der Waals surface area contributed by atoms with Crippen LogP contribution < -0.4 is 10.1 Å². The summed E-state index contributed by atoms with van der Waals surface area (Å²) in [7, 11) is 1.61. The first-order valence-electron chi connectivity index (χ1n) is 6.22. The van der Waals surface area contributed by atoms with Crippen LogP contribution >= 0.6 is 0 Å². The van der Waals surface area contributed by atoms with E-state index in [1.807, 2.05) is 37.3 Å². The minimum atomic E-state index is -0.374. The fraction of sp³-hybridized carbons (Fsp3) is 0.200. The van der Waals surface area contributed by atoms with Crippen LogP contribution in [0.1, 0.15) is 11.1 Å². The Balaban J connectivity index is 2.16. The molecule has 1 N–H and O–H groups in total. The molecule has 2 aromatic rings. The van der Waals surface area contributed by atoms with Gasteiger partial charge in [0.15, 0.2) is 0 Å². The fourth-order valence-corrected chi connectivity index (χ4v) is 1.92. The van der Waals surface area contributed by atoms with E-state index in [0.717, 1.165) is 16.9 Å². The van der Waals surface area contributed by atoms with E-state index < -0.39 is 0 Å². The molecule has 0 saturated carbocycles. The molecule has 2 aromatic carbocycles. The number of hydrogen-bond donors (Lipinski definition) is 1. The summed E-state index contributed by atoms with van der Waals surface area (Å²) < 4.78 is 5.15. The van der Waals surface area contributed by atoms with Crippen LogP contribution in [-0.4, -0.2) is 12.0 Å². The highest BCUT2D eigenvalue weighted by Gasteiger charge is 2.13. The zero-order chi connectivity index (χ0) is 14.5. The summed E-state index contributed by atoms with van der Waals surface area (Å²) in [5.74, 6) is 0.766. The van der Waals surface area contributed by atoms with Crippen LogP contribution in [0.5, 0.6) is 5.75 Å². The third-order valence-corrected chi connectivity index (χ3v) is 2.97. The van der Waals surface area contributed by atoms with Crippen LogP contribution in [0.2, 0.25) is 0 Å². The molecule has 20 heavy (non-hydrogen) atoms. The van der Waals surface area contributed by atoms with Crippen molar-refractivity contribution in [3.8, 4) is 5.75 Å². The fourth-order valence-electron chi connectivity index (χ4n) is 1.92. The summed E-state index contributed by atoms with van der Waals surface area (Å²) in [5.41, 5.74) is 2.47. The number of rotatable bonds is 5. The van der Waals surface area contributed by atoms with Crippen LogP contribution in [-0.2, 0) is 6.54 Å². The molecule has 104 valence electrons. The molecule has 0 aliphatic heterocycles. The van der Waals surface area contributed by atoms with Crippen molar-refractivity contribution in [1.82, 2.24) is 0 Å². The van der Waals surface area contributed by atoms with Crippen molar-refractivity contribution in [2.75, 3.05) is 12.4 Å². The van der Waals surface area contributed by atoms with Gasteiger partial charge in [0.2, 0.25) is 0 Å². The monoisotopic (exact) mass is 272 g/mol. The van der Waals surface area contributed by atoms with E-state index in [9.17, 15) is 10.1 Å². The summed E-state index contributed by atoms with van der Waals surface area (Å²) in [6.45, 7) is 2.33. The van der Waals surface area contributed by atoms with Gasteiger partial charge in [0.25, 0.3) is 5.69 Å². The Morgan fingerprint density at radius 1 is 1.25 bits per heavy atom. The predicted molar refractivity (Wildman–Crippen MR) is 78.2 cm³/mol. The van der Waals surface area contributed by atoms with Crippen molar-refractivity contribution in [3.63, 3.8) is 0 Å². The summed E-state index contributed by atoms with van der Waals surface area (Å²) in [5, 5.41) is 14.1. The lowest BCUT2D eigenvalue weighted by molar-refractivity contribution is -0.384. The van der Waals surface area contributed by atoms with E-state index in [4.69, 9.17) is 4.74 Å². The van der Waals surface area contributed by atoms with E-state index in [1.165, 1.54) is 0 Å². The average molecular weight is 272 g/mol. The van der Waals surface area contributed by atoms with E-state index in [0.29, 0.717) is 12.2 Å². The van der Waals surface area contributed by atoms with Gasteiger partial charge in [-0.15, -0.1) is 0 Å². The first kappa shape index (κ1) is 13.9. The Kier molecular flexibility index (Phi) is 4.20. The van der Waals surface area contributed by atoms with Gasteiger partial charge in [-0.3, -0.25) is 10.1 Å². The number of nitro benzene ring substituents is 1. The minimum absolute atomic E-state index is 0.0906. The molecular weight excluding hydrogens is 256 g/mol. The van der Waals surface area contributed by atoms with E-state index in [-0.39, 0.29) is 10.6 Å². The van der Waals surface area contributed by atoms with Gasteiger partial charge in [-0.25, -0.2) is 0 Å². The van der Waals surface area contributed by atoms with Crippen LogP contribution in [0, 0.1) is 17.0 Å². The highest BCUT2D eigenvalue weighted by atomic mass is 16.6. The van der Waals surface area contributed by atoms with Crippen molar-refractivity contribution in [3.05, 3.63) is 63.7 Å². The number of nitrogens with one attached hydrogen (secondary N) is 1. The van der Waals surface area contributed by atoms with E-state index in [1.54, 1.807) is 19.2 Å². The van der Waals surface area contributed by atoms with E-state index in [2.05, 4.69) is 5.32 Å². The highest BCUT2D eigenvalue weighted by molar-refractivity contribution is 5.62. The molecule has 2 rings (SSSR count). The maximum absolute atomic E-state index is 11.0. The molecule has 0 radical (unpaired) electrons. The number of nitro groups is 1. The zero-order valence-electron chi connectivity index (χ0n) is 11.4. The van der Waals surface area contributed by atoms with Crippen LogP contribution in [0.15, 0.2) is 42.5 Å². The molecule has 5 heteroatoms. The van der Waals surface area contributed by atoms with Crippen molar-refractivity contribution in [1.29, 1.82) is 0 Å². The van der Waals surface area contributed by atoms with Crippen molar-refractivity contribution >= 4 is 11.4 Å². The Morgan fingerprint density at radius 2 is 2.05 bits per heavy atom. The molecule has 0 amide bonds. The second kappa shape index (κ2) is 6.06. The van der Waals surface area contributed by atoms with Crippen LogP contribution in [0.3, 0.4) is 0 Å². The molecule has 0 aliphatic rings. The Morgan fingerprint density at radius 3 is 2.75 bits per heavy atom. The first-order valence-corrected chi connectivity index (χ1v) is 6.22. The lowest BCUT2D eigenvalue weighted by Gasteiger charge is -2.09. The van der Waals surface area contributed by atoms with Gasteiger partial charge in [0.1, 0.15) is 11.4 Å². The standard InChI is InChI=1S/C15H16N2O3/c1-11-6-7-14(15(8-11)17(18)19)16-10-12-4-3-5-13(9-12)20-2/h3-9,16H,10H2,1-2H3. The van der Waals surface area contributed by atoms with Gasteiger partial charge in [-0.1, -0.05) is 18.2 Å². The van der Waals surface area contributed by atoms with Gasteiger partial charge in [-0.2, -0.15) is 0 Å². The summed E-state index contributed by atoms with van der Waals surface area (Å²) >= 11 is 0. The third kappa shape index (κ3) is 3.26. The Hall–Kier alpha value is -2.56. The van der Waals surface area contributed by atoms with E-state index >= 15 is 0 Å². The van der Waals surface area contributed by atoms with Crippen LogP contribution in [0.25, 0.3) is 0 Å². The zero-order valence-corrected chi connectivity index (χ0v) is 11.4. The summed E-state index contributed by atoms with van der Waals surface area (Å²) in [6, 6.07) is 12.7. The number of anilines is 1. The lowest BCUT2D eigenvalue weighted by Crippen LogP contribution is -2.03. The maximum Gasteiger partial charge on any atom is 0.292 e. The average Bonchev–Trinajstić information content (AvgIpc) is 2.46. The summed E-state index contributed by atoms with van der Waals surface area (Å²) in [6.07, 6.45) is 0. The molecule has 5 nitrogen and oxygen atoms in total. The van der Waals surface area contributed by atoms with Gasteiger partial charge in [0, 0.05) is 12.6 Å². The normalized spacial score (nSPS) is 10.1. The number of methoxy groups -OCH3 is 1. The van der Waals surface area contributed by atoms with Gasteiger partial charge in [-0.05, 0) is 36.2 Å². The first-order chi connectivity index (χ1) is 9.60. The molecular formula is C15H16N2O3. The van der Waals surface area contributed by atoms with Gasteiger partial charge >= 0.3 is 0 Å². The molecule has 0 aliphatic carbocycles. The molecule has 0 atom stereocenters. The quantitative estimate of drug-likeness (QED) is 0.668. The van der Waals surface area contributed by atoms with Crippen molar-refractivity contribution in [2.45, 2.75) is 13.5 Å². The molecule has 0 aromatic heterocycles.